The van der Waals surface area contributed by atoms with E-state index in [0.29, 0.717) is 18.3 Å². The second-order valence-electron chi connectivity index (χ2n) is 5.77. The first-order valence-corrected chi connectivity index (χ1v) is 7.69. The van der Waals surface area contributed by atoms with Crippen LogP contribution in [-0.4, -0.2) is 18.6 Å². The molecular weight excluding hydrogens is 294 g/mol. The van der Waals surface area contributed by atoms with Crippen LogP contribution in [0.1, 0.15) is 17.5 Å². The normalized spacial score (nSPS) is 13.6. The fourth-order valence-corrected chi connectivity index (χ4v) is 3.08. The average molecular weight is 313 g/mol. The van der Waals surface area contributed by atoms with Crippen LogP contribution in [0.5, 0.6) is 11.5 Å². The van der Waals surface area contributed by atoms with E-state index in [1.807, 2.05) is 0 Å². The van der Waals surface area contributed by atoms with Gasteiger partial charge in [-0.2, -0.15) is 0 Å². The van der Waals surface area contributed by atoms with Crippen LogP contribution in [-0.2, 0) is 12.8 Å². The summed E-state index contributed by atoms with van der Waals surface area (Å²) in [6.07, 6.45) is 2.99. The molecule has 0 radical (unpaired) electrons. The first-order valence-electron chi connectivity index (χ1n) is 7.69. The lowest BCUT2D eigenvalue weighted by Gasteiger charge is -2.11. The Morgan fingerprint density at radius 3 is 2.48 bits per heavy atom. The van der Waals surface area contributed by atoms with Gasteiger partial charge in [-0.05, 0) is 42.4 Å². The van der Waals surface area contributed by atoms with Crippen molar-refractivity contribution in [2.24, 2.45) is 5.92 Å². The monoisotopic (exact) mass is 313 g/mol. The molecule has 2 aromatic rings. The summed E-state index contributed by atoms with van der Waals surface area (Å²) in [7, 11) is 1.53. The zero-order chi connectivity index (χ0) is 16.2. The minimum absolute atomic E-state index is 0.0273. The zero-order valence-electron chi connectivity index (χ0n) is 13.0. The van der Waals surface area contributed by atoms with E-state index in [1.165, 1.54) is 24.3 Å². The molecule has 1 aliphatic carbocycles. The fourth-order valence-electron chi connectivity index (χ4n) is 3.08. The van der Waals surface area contributed by atoms with Gasteiger partial charge in [0, 0.05) is 12.1 Å². The molecule has 5 heteroatoms. The van der Waals surface area contributed by atoms with Crippen molar-refractivity contribution in [3.63, 3.8) is 0 Å². The Bertz CT molecular complexity index is 689. The van der Waals surface area contributed by atoms with Crippen molar-refractivity contribution in [1.29, 1.82) is 0 Å². The highest BCUT2D eigenvalue weighted by Gasteiger charge is 2.21. The summed E-state index contributed by atoms with van der Waals surface area (Å²) < 4.78 is 10.8. The molecule has 120 valence electrons. The Labute approximate surface area is 135 Å². The van der Waals surface area contributed by atoms with Crippen LogP contribution in [0.4, 0.5) is 5.69 Å². The number of nitro groups is 1. The van der Waals surface area contributed by atoms with E-state index >= 15 is 0 Å². The molecule has 5 nitrogen and oxygen atoms in total. The van der Waals surface area contributed by atoms with Gasteiger partial charge < -0.3 is 9.47 Å². The SMILES string of the molecule is COc1ccc([N+](=O)[O-])c(OCCC2Cc3ccccc3C2)c1. The third-order valence-electron chi connectivity index (χ3n) is 4.28. The Hall–Kier alpha value is -2.56. The van der Waals surface area contributed by atoms with Crippen molar-refractivity contribution in [3.05, 3.63) is 63.7 Å². The van der Waals surface area contributed by atoms with Gasteiger partial charge in [0.2, 0.25) is 5.75 Å². The molecule has 0 spiro atoms. The van der Waals surface area contributed by atoms with E-state index in [1.54, 1.807) is 12.1 Å². The van der Waals surface area contributed by atoms with Crippen molar-refractivity contribution < 1.29 is 14.4 Å². The maximum Gasteiger partial charge on any atom is 0.311 e. The van der Waals surface area contributed by atoms with Gasteiger partial charge in [0.05, 0.1) is 18.6 Å². The van der Waals surface area contributed by atoms with Crippen molar-refractivity contribution >= 4 is 5.69 Å². The van der Waals surface area contributed by atoms with Gasteiger partial charge in [-0.25, -0.2) is 0 Å². The summed E-state index contributed by atoms with van der Waals surface area (Å²) in [5.74, 6) is 1.36. The lowest BCUT2D eigenvalue weighted by atomic mass is 10.0. The highest BCUT2D eigenvalue weighted by Crippen LogP contribution is 2.32. The predicted molar refractivity (Wildman–Crippen MR) is 87.1 cm³/mol. The zero-order valence-corrected chi connectivity index (χ0v) is 13.0. The third kappa shape index (κ3) is 3.44. The lowest BCUT2D eigenvalue weighted by Crippen LogP contribution is -2.08. The molecule has 0 atom stereocenters. The van der Waals surface area contributed by atoms with Crippen LogP contribution in [0, 0.1) is 16.0 Å². The molecule has 0 amide bonds. The lowest BCUT2D eigenvalue weighted by molar-refractivity contribution is -0.385. The van der Waals surface area contributed by atoms with Crippen molar-refractivity contribution in [2.75, 3.05) is 13.7 Å². The molecule has 0 aliphatic heterocycles. The largest absolute Gasteiger partial charge is 0.497 e. The highest BCUT2D eigenvalue weighted by atomic mass is 16.6. The van der Waals surface area contributed by atoms with E-state index in [9.17, 15) is 10.1 Å². The number of rotatable bonds is 6. The Morgan fingerprint density at radius 1 is 1.17 bits per heavy atom. The van der Waals surface area contributed by atoms with Crippen LogP contribution < -0.4 is 9.47 Å². The summed E-state index contributed by atoms with van der Waals surface area (Å²) in [6.45, 7) is 0.465. The minimum atomic E-state index is -0.430. The van der Waals surface area contributed by atoms with Crippen LogP contribution in [0.25, 0.3) is 0 Å². The molecule has 0 saturated heterocycles. The van der Waals surface area contributed by atoms with E-state index in [4.69, 9.17) is 9.47 Å². The maximum atomic E-state index is 11.1. The van der Waals surface area contributed by atoms with Crippen LogP contribution in [0.15, 0.2) is 42.5 Å². The van der Waals surface area contributed by atoms with Crippen LogP contribution in [0.2, 0.25) is 0 Å². The summed E-state index contributed by atoms with van der Waals surface area (Å²) >= 11 is 0. The quantitative estimate of drug-likeness (QED) is 0.601. The summed E-state index contributed by atoms with van der Waals surface area (Å²) in [5, 5.41) is 11.1. The van der Waals surface area contributed by atoms with Crippen molar-refractivity contribution in [3.8, 4) is 11.5 Å². The number of nitrogens with zero attached hydrogens (tertiary/aromatic N) is 1. The molecule has 1 aliphatic rings. The third-order valence-corrected chi connectivity index (χ3v) is 4.28. The number of methoxy groups -OCH3 is 1. The Kier molecular flexibility index (Phi) is 4.46. The molecule has 0 fully saturated rings. The molecule has 0 bridgehead atoms. The Morgan fingerprint density at radius 2 is 1.87 bits per heavy atom. The minimum Gasteiger partial charge on any atom is -0.497 e. The Balaban J connectivity index is 1.60. The molecule has 0 unspecified atom stereocenters. The second-order valence-corrected chi connectivity index (χ2v) is 5.77. The van der Waals surface area contributed by atoms with Gasteiger partial charge >= 0.3 is 5.69 Å². The molecule has 3 rings (SSSR count). The summed E-state index contributed by atoms with van der Waals surface area (Å²) in [6, 6.07) is 13.0. The van der Waals surface area contributed by atoms with E-state index in [0.717, 1.165) is 19.3 Å². The molecule has 2 aromatic carbocycles. The molecule has 0 heterocycles. The van der Waals surface area contributed by atoms with Gasteiger partial charge in [-0.1, -0.05) is 24.3 Å². The highest BCUT2D eigenvalue weighted by molar-refractivity contribution is 5.50. The van der Waals surface area contributed by atoms with Crippen molar-refractivity contribution in [2.45, 2.75) is 19.3 Å². The molecule has 0 aromatic heterocycles. The summed E-state index contributed by atoms with van der Waals surface area (Å²) in [4.78, 5) is 10.6. The van der Waals surface area contributed by atoms with Gasteiger partial charge in [0.15, 0.2) is 0 Å². The van der Waals surface area contributed by atoms with Crippen LogP contribution >= 0.6 is 0 Å². The van der Waals surface area contributed by atoms with Gasteiger partial charge in [-0.3, -0.25) is 10.1 Å². The average Bonchev–Trinajstić information content (AvgIpc) is 2.97. The van der Waals surface area contributed by atoms with Gasteiger partial charge in [0.25, 0.3) is 0 Å². The molecular formula is C18H19NO4. The fraction of sp³-hybridized carbons (Fsp3) is 0.333. The maximum absolute atomic E-state index is 11.1. The van der Waals surface area contributed by atoms with E-state index in [2.05, 4.69) is 24.3 Å². The number of nitro benzene ring substituents is 1. The van der Waals surface area contributed by atoms with Crippen molar-refractivity contribution in [1.82, 2.24) is 0 Å². The second kappa shape index (κ2) is 6.69. The number of hydrogen-bond donors (Lipinski definition) is 0. The first kappa shape index (κ1) is 15.3. The smallest absolute Gasteiger partial charge is 0.311 e. The number of hydrogen-bond acceptors (Lipinski definition) is 4. The summed E-state index contributed by atoms with van der Waals surface area (Å²) in [5.41, 5.74) is 2.79. The molecule has 23 heavy (non-hydrogen) atoms. The molecule has 0 saturated carbocycles. The van der Waals surface area contributed by atoms with E-state index < -0.39 is 4.92 Å². The predicted octanol–water partition coefficient (Wildman–Crippen LogP) is 3.79. The first-order chi connectivity index (χ1) is 11.2. The number of benzene rings is 2. The van der Waals surface area contributed by atoms with Crippen LogP contribution in [0.3, 0.4) is 0 Å². The van der Waals surface area contributed by atoms with Gasteiger partial charge in [0.1, 0.15) is 5.75 Å². The van der Waals surface area contributed by atoms with Gasteiger partial charge in [-0.15, -0.1) is 0 Å². The topological polar surface area (TPSA) is 61.6 Å². The van der Waals surface area contributed by atoms with E-state index in [-0.39, 0.29) is 11.4 Å². The standard InChI is InChI=1S/C18H19NO4/c1-22-16-6-7-17(19(20)21)18(12-16)23-9-8-13-10-14-4-2-3-5-15(14)11-13/h2-7,12-13H,8-11H2,1H3. The number of ether oxygens (including phenoxy) is 2. The number of fused-ring (bicyclic) bond motifs is 1. The molecule has 0 N–H and O–H groups in total.